The van der Waals surface area contributed by atoms with E-state index < -0.39 is 11.5 Å². The summed E-state index contributed by atoms with van der Waals surface area (Å²) < 4.78 is 0.934. The van der Waals surface area contributed by atoms with Gasteiger partial charge in [0.1, 0.15) is 5.54 Å². The van der Waals surface area contributed by atoms with Crippen molar-refractivity contribution >= 4 is 33.5 Å². The van der Waals surface area contributed by atoms with Gasteiger partial charge in [-0.05, 0) is 44.0 Å². The topological polar surface area (TPSA) is 57.6 Å². The van der Waals surface area contributed by atoms with Gasteiger partial charge < -0.3 is 5.11 Å². The predicted octanol–water partition coefficient (Wildman–Crippen LogP) is 2.59. The van der Waals surface area contributed by atoms with E-state index in [2.05, 4.69) is 15.9 Å². The van der Waals surface area contributed by atoms with Crippen molar-refractivity contribution in [2.24, 2.45) is 0 Å². The molecule has 0 aromatic heterocycles. The third kappa shape index (κ3) is 2.03. The van der Waals surface area contributed by atoms with Crippen LogP contribution in [0, 0.1) is 0 Å². The molecule has 0 atom stereocenters. The normalized spacial score (nSPS) is 15.5. The van der Waals surface area contributed by atoms with Gasteiger partial charge in [0.2, 0.25) is 5.91 Å². The lowest BCUT2D eigenvalue weighted by molar-refractivity contribution is -0.144. The van der Waals surface area contributed by atoms with Gasteiger partial charge in [0.05, 0.1) is 0 Å². The molecular weight excluding hydrogens is 298 g/mol. The van der Waals surface area contributed by atoms with E-state index in [1.165, 1.54) is 4.90 Å². The second-order valence-corrected chi connectivity index (χ2v) is 5.78. The SMILES string of the molecule is CC(C)(C(=O)O)N1C(=O)CCc2cc(Br)ccc21. The van der Waals surface area contributed by atoms with E-state index in [1.54, 1.807) is 19.9 Å². The Morgan fingerprint density at radius 1 is 1.39 bits per heavy atom. The van der Waals surface area contributed by atoms with Crippen LogP contribution in [0.15, 0.2) is 22.7 Å². The molecule has 5 heteroatoms. The fourth-order valence-corrected chi connectivity index (χ4v) is 2.58. The Bertz CT molecular complexity index is 525. The van der Waals surface area contributed by atoms with Crippen LogP contribution in [0.1, 0.15) is 25.8 Å². The van der Waals surface area contributed by atoms with Crippen LogP contribution in [0.3, 0.4) is 0 Å². The molecule has 2 rings (SSSR count). The van der Waals surface area contributed by atoms with Gasteiger partial charge in [0.25, 0.3) is 0 Å². The van der Waals surface area contributed by atoms with Gasteiger partial charge in [-0.3, -0.25) is 9.69 Å². The summed E-state index contributed by atoms with van der Waals surface area (Å²) >= 11 is 3.39. The van der Waals surface area contributed by atoms with Gasteiger partial charge in [-0.25, -0.2) is 4.79 Å². The summed E-state index contributed by atoms with van der Waals surface area (Å²) in [4.78, 5) is 24.8. The average Bonchev–Trinajstić information content (AvgIpc) is 2.28. The molecule has 0 bridgehead atoms. The first kappa shape index (κ1) is 13.1. The molecule has 0 spiro atoms. The molecule has 1 aromatic carbocycles. The fourth-order valence-electron chi connectivity index (χ4n) is 2.17. The molecule has 0 fully saturated rings. The number of rotatable bonds is 2. The van der Waals surface area contributed by atoms with Crippen molar-refractivity contribution in [3.63, 3.8) is 0 Å². The van der Waals surface area contributed by atoms with Gasteiger partial charge in [-0.15, -0.1) is 0 Å². The molecule has 1 heterocycles. The molecule has 1 N–H and O–H groups in total. The van der Waals surface area contributed by atoms with E-state index in [9.17, 15) is 14.7 Å². The average molecular weight is 312 g/mol. The van der Waals surface area contributed by atoms with E-state index in [0.717, 1.165) is 10.0 Å². The summed E-state index contributed by atoms with van der Waals surface area (Å²) in [6, 6.07) is 5.55. The summed E-state index contributed by atoms with van der Waals surface area (Å²) in [6.45, 7) is 3.09. The minimum absolute atomic E-state index is 0.141. The summed E-state index contributed by atoms with van der Waals surface area (Å²) in [6.07, 6.45) is 1.000. The highest BCUT2D eigenvalue weighted by atomic mass is 79.9. The third-order valence-electron chi connectivity index (χ3n) is 3.22. The minimum Gasteiger partial charge on any atom is -0.480 e. The standard InChI is InChI=1S/C13H14BrNO3/c1-13(2,12(17)18)15-10-5-4-9(14)7-8(10)3-6-11(15)16/h4-5,7H,3,6H2,1-2H3,(H,17,18). The first-order valence-corrected chi connectivity index (χ1v) is 6.48. The van der Waals surface area contributed by atoms with E-state index in [4.69, 9.17) is 0 Å². The Kier molecular flexibility index (Phi) is 3.19. The maximum atomic E-state index is 12.0. The second kappa shape index (κ2) is 4.39. The quantitative estimate of drug-likeness (QED) is 0.913. The number of hydrogen-bond acceptors (Lipinski definition) is 2. The molecule has 1 aliphatic rings. The first-order valence-electron chi connectivity index (χ1n) is 5.69. The summed E-state index contributed by atoms with van der Waals surface area (Å²) in [5.74, 6) is -1.15. The van der Waals surface area contributed by atoms with E-state index >= 15 is 0 Å². The Morgan fingerprint density at radius 2 is 2.06 bits per heavy atom. The number of fused-ring (bicyclic) bond motifs is 1. The van der Waals surface area contributed by atoms with E-state index in [0.29, 0.717) is 18.5 Å². The van der Waals surface area contributed by atoms with Gasteiger partial charge in [0.15, 0.2) is 0 Å². The number of carboxylic acid groups (broad SMARTS) is 1. The van der Waals surface area contributed by atoms with Crippen molar-refractivity contribution in [2.75, 3.05) is 4.90 Å². The predicted molar refractivity (Wildman–Crippen MR) is 71.7 cm³/mol. The van der Waals surface area contributed by atoms with Crippen molar-refractivity contribution < 1.29 is 14.7 Å². The van der Waals surface area contributed by atoms with Crippen LogP contribution in [-0.2, 0) is 16.0 Å². The number of carboxylic acids is 1. The van der Waals surface area contributed by atoms with Gasteiger partial charge in [0, 0.05) is 16.6 Å². The maximum absolute atomic E-state index is 12.0. The molecule has 4 nitrogen and oxygen atoms in total. The van der Waals surface area contributed by atoms with Crippen LogP contribution < -0.4 is 4.90 Å². The molecular formula is C13H14BrNO3. The van der Waals surface area contributed by atoms with Crippen LogP contribution in [0.2, 0.25) is 0 Å². The number of halogens is 1. The van der Waals surface area contributed by atoms with Gasteiger partial charge in [-0.2, -0.15) is 0 Å². The number of anilines is 1. The van der Waals surface area contributed by atoms with Crippen molar-refractivity contribution in [1.82, 2.24) is 0 Å². The fraction of sp³-hybridized carbons (Fsp3) is 0.385. The smallest absolute Gasteiger partial charge is 0.329 e. The molecule has 18 heavy (non-hydrogen) atoms. The molecule has 96 valence electrons. The molecule has 1 amide bonds. The molecule has 1 aromatic rings. The Hall–Kier alpha value is -1.36. The van der Waals surface area contributed by atoms with E-state index in [-0.39, 0.29) is 5.91 Å². The highest BCUT2D eigenvalue weighted by molar-refractivity contribution is 9.10. The van der Waals surface area contributed by atoms with E-state index in [1.807, 2.05) is 12.1 Å². The van der Waals surface area contributed by atoms with Crippen molar-refractivity contribution in [2.45, 2.75) is 32.2 Å². The summed E-state index contributed by atoms with van der Waals surface area (Å²) in [7, 11) is 0. The maximum Gasteiger partial charge on any atom is 0.329 e. The highest BCUT2D eigenvalue weighted by Gasteiger charge is 2.41. The third-order valence-corrected chi connectivity index (χ3v) is 3.72. The Balaban J connectivity index is 2.55. The number of hydrogen-bond donors (Lipinski definition) is 1. The van der Waals surface area contributed by atoms with Gasteiger partial charge >= 0.3 is 5.97 Å². The second-order valence-electron chi connectivity index (χ2n) is 4.87. The van der Waals surface area contributed by atoms with Crippen LogP contribution in [0.25, 0.3) is 0 Å². The number of benzene rings is 1. The highest BCUT2D eigenvalue weighted by Crippen LogP contribution is 2.35. The molecule has 1 aliphatic heterocycles. The summed E-state index contributed by atoms with van der Waals surface area (Å²) in [5.41, 5.74) is 0.459. The number of amides is 1. The number of nitrogens with zero attached hydrogens (tertiary/aromatic N) is 1. The minimum atomic E-state index is -1.24. The monoisotopic (exact) mass is 311 g/mol. The van der Waals surface area contributed by atoms with Crippen molar-refractivity contribution in [3.05, 3.63) is 28.2 Å². The van der Waals surface area contributed by atoms with Crippen molar-refractivity contribution in [3.8, 4) is 0 Å². The molecule has 0 radical (unpaired) electrons. The lowest BCUT2D eigenvalue weighted by Crippen LogP contribution is -2.55. The number of carbonyl (C=O) groups is 2. The lowest BCUT2D eigenvalue weighted by atomic mass is 9.94. The van der Waals surface area contributed by atoms with Crippen molar-refractivity contribution in [1.29, 1.82) is 0 Å². The molecule has 0 saturated heterocycles. The molecule has 0 aliphatic carbocycles. The largest absolute Gasteiger partial charge is 0.480 e. The summed E-state index contributed by atoms with van der Waals surface area (Å²) in [5, 5.41) is 9.29. The lowest BCUT2D eigenvalue weighted by Gasteiger charge is -2.39. The molecule has 0 unspecified atom stereocenters. The Labute approximate surface area is 114 Å². The number of aryl methyl sites for hydroxylation is 1. The number of carbonyl (C=O) groups excluding carboxylic acids is 1. The molecule has 0 saturated carbocycles. The first-order chi connectivity index (χ1) is 8.34. The zero-order valence-electron chi connectivity index (χ0n) is 10.2. The number of aliphatic carboxylic acids is 1. The van der Waals surface area contributed by atoms with Crippen LogP contribution in [0.5, 0.6) is 0 Å². The van der Waals surface area contributed by atoms with Crippen LogP contribution in [-0.4, -0.2) is 22.5 Å². The zero-order valence-corrected chi connectivity index (χ0v) is 11.8. The van der Waals surface area contributed by atoms with Crippen LogP contribution >= 0.6 is 15.9 Å². The zero-order chi connectivity index (χ0) is 13.5. The van der Waals surface area contributed by atoms with Crippen LogP contribution in [0.4, 0.5) is 5.69 Å². The van der Waals surface area contributed by atoms with Gasteiger partial charge in [-0.1, -0.05) is 15.9 Å². The Morgan fingerprint density at radius 3 is 2.67 bits per heavy atom.